The van der Waals surface area contributed by atoms with E-state index in [0.29, 0.717) is 37.7 Å². The van der Waals surface area contributed by atoms with E-state index in [1.807, 2.05) is 112 Å². The predicted molar refractivity (Wildman–Crippen MR) is 161 cm³/mol. The first-order valence-electron chi connectivity index (χ1n) is 13.6. The molecule has 0 radical (unpaired) electrons. The zero-order valence-electron chi connectivity index (χ0n) is 25.0. The van der Waals surface area contributed by atoms with Crippen molar-refractivity contribution >= 4 is 17.9 Å². The van der Waals surface area contributed by atoms with E-state index in [1.54, 1.807) is 0 Å². The molecule has 0 aliphatic heterocycles. The van der Waals surface area contributed by atoms with Crippen molar-refractivity contribution in [2.75, 3.05) is 56.4 Å². The minimum absolute atomic E-state index is 0.0778. The fraction of sp³-hybridized carbons (Fsp3) is 0.469. The Hall–Kier alpha value is -2.97. The van der Waals surface area contributed by atoms with Gasteiger partial charge in [-0.3, -0.25) is 4.79 Å². The van der Waals surface area contributed by atoms with Crippen LogP contribution in [0.25, 0.3) is 12.2 Å². The van der Waals surface area contributed by atoms with Gasteiger partial charge >= 0.3 is 0 Å². The first kappa shape index (κ1) is 30.6. The molecule has 39 heavy (non-hydrogen) atoms. The summed E-state index contributed by atoms with van der Waals surface area (Å²) in [5, 5.41) is 21.7. The summed E-state index contributed by atoms with van der Waals surface area (Å²) in [6.07, 6.45) is 6.37. The van der Waals surface area contributed by atoms with Gasteiger partial charge in [-0.05, 0) is 123 Å². The molecule has 0 aromatic heterocycles. The molecule has 2 aromatic carbocycles. The van der Waals surface area contributed by atoms with E-state index in [-0.39, 0.29) is 5.78 Å². The van der Waals surface area contributed by atoms with Crippen LogP contribution in [0.2, 0.25) is 0 Å². The molecule has 7 nitrogen and oxygen atoms in total. The lowest BCUT2D eigenvalue weighted by atomic mass is 9.86. The minimum Gasteiger partial charge on any atom is -0.507 e. The minimum atomic E-state index is 0.0778. The van der Waals surface area contributed by atoms with Gasteiger partial charge in [0.25, 0.3) is 0 Å². The number of phenolic OH excluding ortho intramolecular Hbond substituents is 2. The predicted octanol–water partition coefficient (Wildman–Crippen LogP) is 4.56. The van der Waals surface area contributed by atoms with Crippen molar-refractivity contribution in [3.63, 3.8) is 0 Å². The summed E-state index contributed by atoms with van der Waals surface area (Å²) >= 11 is 0. The number of allylic oxidation sites excluding steroid dienone is 2. The Morgan fingerprint density at radius 1 is 0.590 bits per heavy atom. The average molecular weight is 535 g/mol. The maximum Gasteiger partial charge on any atom is 0.185 e. The topological polar surface area (TPSA) is 70.5 Å². The molecule has 0 saturated heterocycles. The third-order valence-electron chi connectivity index (χ3n) is 6.68. The molecule has 212 valence electrons. The van der Waals surface area contributed by atoms with Crippen LogP contribution in [0.4, 0.5) is 0 Å². The molecule has 0 amide bonds. The van der Waals surface area contributed by atoms with Gasteiger partial charge in [-0.25, -0.2) is 0 Å². The lowest BCUT2D eigenvalue weighted by molar-refractivity contribution is -0.112. The van der Waals surface area contributed by atoms with Gasteiger partial charge < -0.3 is 29.8 Å². The Bertz CT molecular complexity index is 1090. The monoisotopic (exact) mass is 534 g/mol. The van der Waals surface area contributed by atoms with Crippen molar-refractivity contribution in [1.82, 2.24) is 19.6 Å². The smallest absolute Gasteiger partial charge is 0.185 e. The van der Waals surface area contributed by atoms with Crippen LogP contribution in [0.3, 0.4) is 0 Å². The van der Waals surface area contributed by atoms with Crippen LogP contribution in [-0.4, -0.2) is 92.0 Å². The van der Waals surface area contributed by atoms with Crippen LogP contribution in [0.1, 0.15) is 52.6 Å². The molecule has 0 bridgehead atoms. The molecular formula is C32H46N4O3. The van der Waals surface area contributed by atoms with Crippen molar-refractivity contribution in [1.29, 1.82) is 0 Å². The molecule has 0 atom stereocenters. The molecule has 1 saturated carbocycles. The second-order valence-corrected chi connectivity index (χ2v) is 11.8. The van der Waals surface area contributed by atoms with Gasteiger partial charge in [0.15, 0.2) is 5.78 Å². The van der Waals surface area contributed by atoms with Crippen LogP contribution < -0.4 is 0 Å². The van der Waals surface area contributed by atoms with E-state index in [9.17, 15) is 15.0 Å². The summed E-state index contributed by atoms with van der Waals surface area (Å²) in [4.78, 5) is 21.8. The van der Waals surface area contributed by atoms with E-state index in [1.165, 1.54) is 0 Å². The van der Waals surface area contributed by atoms with Crippen LogP contribution in [0, 0.1) is 0 Å². The molecule has 1 aliphatic rings. The fourth-order valence-corrected chi connectivity index (χ4v) is 5.17. The van der Waals surface area contributed by atoms with Crippen molar-refractivity contribution in [3.05, 3.63) is 68.8 Å². The van der Waals surface area contributed by atoms with Crippen LogP contribution in [-0.2, 0) is 31.0 Å². The van der Waals surface area contributed by atoms with E-state index in [4.69, 9.17) is 0 Å². The van der Waals surface area contributed by atoms with Crippen LogP contribution in [0.15, 0.2) is 35.4 Å². The van der Waals surface area contributed by atoms with Crippen molar-refractivity contribution in [2.45, 2.75) is 45.4 Å². The molecule has 2 N–H and O–H groups in total. The second kappa shape index (κ2) is 13.4. The fourth-order valence-electron chi connectivity index (χ4n) is 5.17. The van der Waals surface area contributed by atoms with Gasteiger partial charge in [0.1, 0.15) is 11.5 Å². The van der Waals surface area contributed by atoms with Crippen LogP contribution >= 0.6 is 0 Å². The standard InChI is InChI=1S/C32H46N4O3/c1-33(2)18-26-14-22(15-27(31(26)38)19-34(3)4)12-24-10-9-11-25(30(24)37)13-23-16-28(20-35(5)6)32(39)29(17-23)21-36(7)8/h12-17,38-39H,9-11,18-21H2,1-8H3/b24-12+,25-13+. The second-order valence-electron chi connectivity index (χ2n) is 11.8. The number of ketones is 1. The average Bonchev–Trinajstić information content (AvgIpc) is 2.81. The van der Waals surface area contributed by atoms with E-state index < -0.39 is 0 Å². The van der Waals surface area contributed by atoms with Crippen molar-refractivity contribution < 1.29 is 15.0 Å². The van der Waals surface area contributed by atoms with Gasteiger partial charge in [-0.15, -0.1) is 0 Å². The number of nitrogens with zero attached hydrogens (tertiary/aromatic N) is 4. The first-order chi connectivity index (χ1) is 18.3. The van der Waals surface area contributed by atoms with E-state index in [2.05, 4.69) is 0 Å². The van der Waals surface area contributed by atoms with Crippen LogP contribution in [0.5, 0.6) is 11.5 Å². The van der Waals surface area contributed by atoms with Gasteiger partial charge in [0.2, 0.25) is 0 Å². The van der Waals surface area contributed by atoms with E-state index >= 15 is 0 Å². The highest BCUT2D eigenvalue weighted by atomic mass is 16.3. The molecule has 0 heterocycles. The third-order valence-corrected chi connectivity index (χ3v) is 6.68. The number of Topliss-reactive ketones (excluding diaryl/α,β-unsaturated/α-hetero) is 1. The number of hydrogen-bond acceptors (Lipinski definition) is 7. The number of aromatic hydroxyl groups is 2. The Morgan fingerprint density at radius 2 is 0.872 bits per heavy atom. The molecule has 2 aromatic rings. The summed E-state index contributed by atoms with van der Waals surface area (Å²) in [5.74, 6) is 0.725. The molecule has 3 rings (SSSR count). The molecule has 7 heteroatoms. The summed E-state index contributed by atoms with van der Waals surface area (Å²) in [5.41, 5.74) is 6.91. The summed E-state index contributed by atoms with van der Waals surface area (Å²) in [6.45, 7) is 2.48. The lowest BCUT2D eigenvalue weighted by Gasteiger charge is -2.20. The maximum absolute atomic E-state index is 13.7. The normalized spacial score (nSPS) is 16.6. The SMILES string of the molecule is CN(C)Cc1cc(/C=C2\CCC/C(=C\c3cc(CN(C)C)c(O)c(CN(C)C)c3)C2=O)cc(CN(C)C)c1O. The number of rotatable bonds is 10. The largest absolute Gasteiger partial charge is 0.507 e. The highest BCUT2D eigenvalue weighted by molar-refractivity contribution is 6.14. The number of hydrogen-bond donors (Lipinski definition) is 2. The Balaban J connectivity index is 2.00. The number of benzene rings is 2. The summed E-state index contributed by atoms with van der Waals surface area (Å²) < 4.78 is 0. The Kier molecular flexibility index (Phi) is 10.5. The number of carbonyl (C=O) groups excluding carboxylic acids is 1. The first-order valence-corrected chi connectivity index (χ1v) is 13.6. The van der Waals surface area contributed by atoms with Gasteiger partial charge in [-0.2, -0.15) is 0 Å². The molecule has 0 unspecified atom stereocenters. The maximum atomic E-state index is 13.7. The van der Waals surface area contributed by atoms with Gasteiger partial charge in [0, 0.05) is 59.6 Å². The van der Waals surface area contributed by atoms with Gasteiger partial charge in [-0.1, -0.05) is 0 Å². The van der Waals surface area contributed by atoms with Gasteiger partial charge in [0.05, 0.1) is 0 Å². The zero-order valence-corrected chi connectivity index (χ0v) is 25.0. The van der Waals surface area contributed by atoms with Crippen molar-refractivity contribution in [2.24, 2.45) is 0 Å². The van der Waals surface area contributed by atoms with E-state index in [0.717, 1.165) is 63.8 Å². The summed E-state index contributed by atoms with van der Waals surface area (Å²) in [7, 11) is 15.9. The molecule has 1 fully saturated rings. The lowest BCUT2D eigenvalue weighted by Crippen LogP contribution is -2.15. The Morgan fingerprint density at radius 3 is 1.13 bits per heavy atom. The number of carbonyl (C=O) groups is 1. The molecular weight excluding hydrogens is 488 g/mol. The highest BCUT2D eigenvalue weighted by Gasteiger charge is 2.22. The highest BCUT2D eigenvalue weighted by Crippen LogP contribution is 2.33. The van der Waals surface area contributed by atoms with Crippen molar-refractivity contribution in [3.8, 4) is 11.5 Å². The third kappa shape index (κ3) is 8.51. The summed E-state index contributed by atoms with van der Waals surface area (Å²) in [6, 6.07) is 7.98. The quantitative estimate of drug-likeness (QED) is 0.433. The molecule has 1 aliphatic carbocycles. The molecule has 0 spiro atoms. The zero-order chi connectivity index (χ0) is 28.9. The Labute approximate surface area is 234 Å². The number of phenols is 2.